The number of hydrogen-bond donors (Lipinski definition) is 1. The van der Waals surface area contributed by atoms with Crippen LogP contribution in [-0.4, -0.2) is 14.2 Å². The largest absolute Gasteiger partial charge is 0.282 e. The molecule has 2 aromatic carbocycles. The van der Waals surface area contributed by atoms with Crippen LogP contribution in [0.2, 0.25) is 0 Å². The van der Waals surface area contributed by atoms with Gasteiger partial charge in [0.1, 0.15) is 0 Å². The third-order valence-corrected chi connectivity index (χ3v) is 4.61. The summed E-state index contributed by atoms with van der Waals surface area (Å²) in [6.07, 6.45) is 0.501. The van der Waals surface area contributed by atoms with Crippen LogP contribution in [0.1, 0.15) is 5.56 Å². The van der Waals surface area contributed by atoms with E-state index in [4.69, 9.17) is 0 Å². The summed E-state index contributed by atoms with van der Waals surface area (Å²) in [5.41, 5.74) is 1.58. The van der Waals surface area contributed by atoms with Crippen molar-refractivity contribution in [1.82, 2.24) is 0 Å². The van der Waals surface area contributed by atoms with Gasteiger partial charge in [-0.15, -0.1) is 0 Å². The minimum absolute atomic E-state index is 0.0678. The number of halogens is 1. The van der Waals surface area contributed by atoms with Crippen molar-refractivity contribution in [2.24, 2.45) is 0 Å². The molecule has 0 saturated carbocycles. The summed E-state index contributed by atoms with van der Waals surface area (Å²) in [5.74, 6) is 0.0678. The first-order valence-electron chi connectivity index (χ1n) is 5.86. The van der Waals surface area contributed by atoms with Crippen molar-refractivity contribution in [1.29, 1.82) is 0 Å². The maximum Gasteiger partial charge on any atom is 0.233 e. The fraction of sp³-hybridized carbons (Fsp3) is 0.143. The average Bonchev–Trinajstić information content (AvgIpc) is 2.40. The van der Waals surface area contributed by atoms with Crippen LogP contribution in [0, 0.1) is 0 Å². The second-order valence-corrected chi connectivity index (χ2v) is 6.83. The van der Waals surface area contributed by atoms with Crippen LogP contribution in [0.5, 0.6) is 0 Å². The van der Waals surface area contributed by atoms with Crippen LogP contribution in [0.15, 0.2) is 59.1 Å². The number of aryl methyl sites for hydroxylation is 1. The molecule has 0 fully saturated rings. The van der Waals surface area contributed by atoms with Crippen molar-refractivity contribution >= 4 is 31.6 Å². The Bertz CT molecular complexity index is 642. The van der Waals surface area contributed by atoms with Gasteiger partial charge in [0.15, 0.2) is 0 Å². The first kappa shape index (κ1) is 14.1. The fourth-order valence-electron chi connectivity index (χ4n) is 1.66. The van der Waals surface area contributed by atoms with Crippen molar-refractivity contribution in [3.63, 3.8) is 0 Å². The molecule has 0 aromatic heterocycles. The van der Waals surface area contributed by atoms with E-state index in [0.717, 1.165) is 10.0 Å². The number of benzene rings is 2. The summed E-state index contributed by atoms with van der Waals surface area (Å²) in [6, 6.07) is 16.7. The molecule has 0 spiro atoms. The Labute approximate surface area is 121 Å². The maximum absolute atomic E-state index is 12.0. The molecule has 0 radical (unpaired) electrons. The first-order chi connectivity index (χ1) is 9.07. The predicted molar refractivity (Wildman–Crippen MR) is 81.7 cm³/mol. The highest BCUT2D eigenvalue weighted by Gasteiger charge is 2.12. The van der Waals surface area contributed by atoms with E-state index in [-0.39, 0.29) is 5.75 Å². The van der Waals surface area contributed by atoms with Crippen LogP contribution in [-0.2, 0) is 16.4 Å². The first-order valence-corrected chi connectivity index (χ1v) is 8.30. The van der Waals surface area contributed by atoms with Gasteiger partial charge in [0.2, 0.25) is 10.0 Å². The molecule has 0 atom stereocenters. The molecule has 2 rings (SSSR count). The standard InChI is InChI=1S/C14H14BrNO2S/c15-13-8-4-5-9-14(13)16-19(17,18)11-10-12-6-2-1-3-7-12/h1-9,16H,10-11H2. The number of para-hydroxylation sites is 1. The zero-order valence-electron chi connectivity index (χ0n) is 10.2. The van der Waals surface area contributed by atoms with Crippen molar-refractivity contribution in [3.8, 4) is 0 Å². The normalized spacial score (nSPS) is 11.2. The highest BCUT2D eigenvalue weighted by molar-refractivity contribution is 9.10. The van der Waals surface area contributed by atoms with E-state index < -0.39 is 10.0 Å². The molecule has 1 N–H and O–H groups in total. The maximum atomic E-state index is 12.0. The fourth-order valence-corrected chi connectivity index (χ4v) is 3.29. The quantitative estimate of drug-likeness (QED) is 0.906. The molecule has 100 valence electrons. The Morgan fingerprint density at radius 2 is 1.58 bits per heavy atom. The Hall–Kier alpha value is -1.33. The third kappa shape index (κ3) is 4.36. The molecular weight excluding hydrogens is 326 g/mol. The molecule has 0 aliphatic carbocycles. The van der Waals surface area contributed by atoms with E-state index in [1.165, 1.54) is 0 Å². The van der Waals surface area contributed by atoms with Crippen molar-refractivity contribution in [2.75, 3.05) is 10.5 Å². The van der Waals surface area contributed by atoms with Gasteiger partial charge >= 0.3 is 0 Å². The van der Waals surface area contributed by atoms with Crippen molar-refractivity contribution in [3.05, 3.63) is 64.6 Å². The van der Waals surface area contributed by atoms with E-state index >= 15 is 0 Å². The molecule has 0 unspecified atom stereocenters. The highest BCUT2D eigenvalue weighted by atomic mass is 79.9. The zero-order chi connectivity index (χ0) is 13.7. The lowest BCUT2D eigenvalue weighted by Crippen LogP contribution is -2.18. The van der Waals surface area contributed by atoms with E-state index in [2.05, 4.69) is 20.7 Å². The van der Waals surface area contributed by atoms with E-state index in [1.807, 2.05) is 36.4 Å². The topological polar surface area (TPSA) is 46.2 Å². The summed E-state index contributed by atoms with van der Waals surface area (Å²) >= 11 is 3.32. The lowest BCUT2D eigenvalue weighted by atomic mass is 10.2. The van der Waals surface area contributed by atoms with Gasteiger partial charge in [0, 0.05) is 4.47 Å². The summed E-state index contributed by atoms with van der Waals surface area (Å²) in [5, 5.41) is 0. The molecular formula is C14H14BrNO2S. The monoisotopic (exact) mass is 339 g/mol. The van der Waals surface area contributed by atoms with Gasteiger partial charge in [-0.25, -0.2) is 8.42 Å². The molecule has 3 nitrogen and oxygen atoms in total. The van der Waals surface area contributed by atoms with Gasteiger partial charge in [-0.2, -0.15) is 0 Å². The van der Waals surface area contributed by atoms with Crippen molar-refractivity contribution in [2.45, 2.75) is 6.42 Å². The summed E-state index contributed by atoms with van der Waals surface area (Å²) < 4.78 is 27.3. The molecule has 0 saturated heterocycles. The lowest BCUT2D eigenvalue weighted by molar-refractivity contribution is 0.600. The van der Waals surface area contributed by atoms with Gasteiger partial charge in [-0.1, -0.05) is 42.5 Å². The van der Waals surface area contributed by atoms with Gasteiger partial charge in [-0.3, -0.25) is 4.72 Å². The van der Waals surface area contributed by atoms with Gasteiger partial charge in [0.05, 0.1) is 11.4 Å². The van der Waals surface area contributed by atoms with E-state index in [1.54, 1.807) is 18.2 Å². The van der Waals surface area contributed by atoms with E-state index in [0.29, 0.717) is 12.1 Å². The highest BCUT2D eigenvalue weighted by Crippen LogP contribution is 2.22. The SMILES string of the molecule is O=S(=O)(CCc1ccccc1)Nc1ccccc1Br. The molecule has 5 heteroatoms. The summed E-state index contributed by atoms with van der Waals surface area (Å²) in [7, 11) is -3.34. The molecule has 0 amide bonds. The van der Waals surface area contributed by atoms with Crippen molar-refractivity contribution < 1.29 is 8.42 Å². The Morgan fingerprint density at radius 1 is 0.947 bits per heavy atom. The van der Waals surface area contributed by atoms with Gasteiger partial charge in [-0.05, 0) is 40.0 Å². The Balaban J connectivity index is 2.02. The summed E-state index contributed by atoms with van der Waals surface area (Å²) in [4.78, 5) is 0. The number of rotatable bonds is 5. The second-order valence-electron chi connectivity index (χ2n) is 4.14. The van der Waals surface area contributed by atoms with Gasteiger partial charge in [0.25, 0.3) is 0 Å². The average molecular weight is 340 g/mol. The van der Waals surface area contributed by atoms with Crippen LogP contribution in [0.25, 0.3) is 0 Å². The zero-order valence-corrected chi connectivity index (χ0v) is 12.6. The smallest absolute Gasteiger partial charge is 0.233 e. The van der Waals surface area contributed by atoms with Crippen LogP contribution in [0.3, 0.4) is 0 Å². The van der Waals surface area contributed by atoms with E-state index in [9.17, 15) is 8.42 Å². The molecule has 2 aromatic rings. The third-order valence-electron chi connectivity index (χ3n) is 2.64. The Kier molecular flexibility index (Phi) is 4.61. The van der Waals surface area contributed by atoms with Crippen LogP contribution >= 0.6 is 15.9 Å². The Morgan fingerprint density at radius 3 is 2.26 bits per heavy atom. The number of hydrogen-bond acceptors (Lipinski definition) is 2. The number of sulfonamides is 1. The van der Waals surface area contributed by atoms with Crippen LogP contribution in [0.4, 0.5) is 5.69 Å². The molecule has 0 aliphatic rings. The minimum Gasteiger partial charge on any atom is -0.282 e. The molecule has 0 bridgehead atoms. The summed E-state index contributed by atoms with van der Waals surface area (Å²) in [6.45, 7) is 0. The molecule has 0 aliphatic heterocycles. The predicted octanol–water partition coefficient (Wildman–Crippen LogP) is 3.43. The number of nitrogens with one attached hydrogen (secondary N) is 1. The molecule has 0 heterocycles. The number of anilines is 1. The van der Waals surface area contributed by atoms with Crippen LogP contribution < -0.4 is 4.72 Å². The molecule has 19 heavy (non-hydrogen) atoms. The van der Waals surface area contributed by atoms with Gasteiger partial charge < -0.3 is 0 Å². The lowest BCUT2D eigenvalue weighted by Gasteiger charge is -2.09. The minimum atomic E-state index is -3.34. The second kappa shape index (κ2) is 6.21.